The lowest BCUT2D eigenvalue weighted by atomic mass is 9.84. The molecule has 3 aromatic rings. The predicted molar refractivity (Wildman–Crippen MR) is 130 cm³/mol. The predicted octanol–water partition coefficient (Wildman–Crippen LogP) is 3.39. The number of benzene rings is 1. The Morgan fingerprint density at radius 3 is 2.43 bits per heavy atom. The van der Waals surface area contributed by atoms with Crippen molar-refractivity contribution < 1.29 is 14.5 Å². The summed E-state index contributed by atoms with van der Waals surface area (Å²) >= 11 is 0. The number of piperidine rings is 1. The summed E-state index contributed by atoms with van der Waals surface area (Å²) in [5.41, 5.74) is 0.671. The van der Waals surface area contributed by atoms with Crippen molar-refractivity contribution in [2.75, 3.05) is 11.9 Å². The zero-order valence-corrected chi connectivity index (χ0v) is 20.2. The first-order valence-electron chi connectivity index (χ1n) is 11.6. The van der Waals surface area contributed by atoms with E-state index in [0.717, 1.165) is 31.5 Å². The number of halogens is 1. The van der Waals surface area contributed by atoms with Crippen molar-refractivity contribution in [2.24, 2.45) is 7.05 Å². The lowest BCUT2D eigenvalue weighted by Gasteiger charge is -2.45. The van der Waals surface area contributed by atoms with Gasteiger partial charge >= 0.3 is 0 Å². The average molecular weight is 481 g/mol. The molecule has 0 amide bonds. The third kappa shape index (κ3) is 4.28. The Balaban J connectivity index is 1.42. The van der Waals surface area contributed by atoms with Crippen LogP contribution in [-0.4, -0.2) is 49.2 Å². The van der Waals surface area contributed by atoms with Gasteiger partial charge in [0.05, 0.1) is 23.3 Å². The van der Waals surface area contributed by atoms with Gasteiger partial charge in [-0.15, -0.1) is 10.2 Å². The Bertz CT molecular complexity index is 1310. The second-order valence-electron chi connectivity index (χ2n) is 10.3. The van der Waals surface area contributed by atoms with Crippen LogP contribution in [-0.2, 0) is 7.05 Å². The van der Waals surface area contributed by atoms with Gasteiger partial charge < -0.3 is 19.7 Å². The molecule has 2 fully saturated rings. The van der Waals surface area contributed by atoms with Crippen molar-refractivity contribution in [3.8, 4) is 28.3 Å². The van der Waals surface area contributed by atoms with Crippen molar-refractivity contribution in [1.82, 2.24) is 25.1 Å². The molecule has 1 unspecified atom stereocenters. The molecule has 5 rings (SSSR count). The standard InChI is InChI=1S/C25H29FN6O3/c1-24-7-8-25(2,30-24)13-15(12-24)32(4)22-6-5-19(28-29-22)17-9-18(26)16(10-21(17)35-34)20-11-23(33)31(3)14-27-20/h5-6,9-11,14-15,30,34H,7-8,12-13H2,1-4H3/t15?,24-,25+. The summed E-state index contributed by atoms with van der Waals surface area (Å²) in [6, 6.07) is 7.60. The van der Waals surface area contributed by atoms with Gasteiger partial charge in [-0.3, -0.25) is 4.79 Å². The summed E-state index contributed by atoms with van der Waals surface area (Å²) in [6.45, 7) is 4.56. The van der Waals surface area contributed by atoms with Crippen molar-refractivity contribution in [3.63, 3.8) is 0 Å². The van der Waals surface area contributed by atoms with Crippen molar-refractivity contribution in [2.45, 2.75) is 56.7 Å². The largest absolute Gasteiger partial charge is 0.355 e. The van der Waals surface area contributed by atoms with Crippen LogP contribution in [0, 0.1) is 5.82 Å². The van der Waals surface area contributed by atoms with Gasteiger partial charge in [-0.1, -0.05) is 0 Å². The maximum atomic E-state index is 15.0. The molecule has 2 aromatic heterocycles. The topological polar surface area (TPSA) is 105 Å². The Labute approximate surface area is 202 Å². The summed E-state index contributed by atoms with van der Waals surface area (Å²) in [5, 5.41) is 22.0. The molecule has 0 radical (unpaired) electrons. The molecule has 2 bridgehead atoms. The average Bonchev–Trinajstić information content (AvgIpc) is 3.06. The number of nitrogens with one attached hydrogen (secondary N) is 1. The van der Waals surface area contributed by atoms with E-state index in [-0.39, 0.29) is 39.2 Å². The maximum absolute atomic E-state index is 15.0. The number of anilines is 1. The molecule has 1 aromatic carbocycles. The Morgan fingerprint density at radius 2 is 1.83 bits per heavy atom. The van der Waals surface area contributed by atoms with Crippen LogP contribution < -0.4 is 20.7 Å². The fourth-order valence-corrected chi connectivity index (χ4v) is 5.58. The van der Waals surface area contributed by atoms with E-state index in [4.69, 9.17) is 0 Å². The van der Waals surface area contributed by atoms with E-state index < -0.39 is 5.82 Å². The van der Waals surface area contributed by atoms with Gasteiger partial charge in [-0.05, 0) is 63.8 Å². The van der Waals surface area contributed by atoms with E-state index in [0.29, 0.717) is 11.7 Å². The van der Waals surface area contributed by atoms with Gasteiger partial charge in [-0.2, -0.15) is 0 Å². The molecule has 2 N–H and O–H groups in total. The lowest BCUT2D eigenvalue weighted by molar-refractivity contribution is -0.137. The highest BCUT2D eigenvalue weighted by atomic mass is 19.1. The van der Waals surface area contributed by atoms with Crippen LogP contribution in [0.4, 0.5) is 10.2 Å². The van der Waals surface area contributed by atoms with E-state index in [1.807, 2.05) is 13.1 Å². The van der Waals surface area contributed by atoms with E-state index in [2.05, 4.69) is 44.1 Å². The van der Waals surface area contributed by atoms with E-state index in [1.54, 1.807) is 13.1 Å². The van der Waals surface area contributed by atoms with Crippen LogP contribution in [0.5, 0.6) is 5.75 Å². The first-order chi connectivity index (χ1) is 16.6. The van der Waals surface area contributed by atoms with Gasteiger partial charge in [-0.25, -0.2) is 14.6 Å². The third-order valence-electron chi connectivity index (χ3n) is 7.46. The highest BCUT2D eigenvalue weighted by Crippen LogP contribution is 2.44. The Hall–Kier alpha value is -3.37. The molecule has 0 aliphatic carbocycles. The highest BCUT2D eigenvalue weighted by molar-refractivity contribution is 5.74. The van der Waals surface area contributed by atoms with Crippen molar-refractivity contribution in [1.29, 1.82) is 0 Å². The molecule has 3 atom stereocenters. The lowest BCUT2D eigenvalue weighted by Crippen LogP contribution is -2.58. The minimum Gasteiger partial charge on any atom is -0.355 e. The molecular weight excluding hydrogens is 451 g/mol. The van der Waals surface area contributed by atoms with Crippen molar-refractivity contribution >= 4 is 5.82 Å². The molecule has 0 saturated carbocycles. The van der Waals surface area contributed by atoms with Gasteiger partial charge in [0.2, 0.25) is 0 Å². The summed E-state index contributed by atoms with van der Waals surface area (Å²) in [7, 11) is 3.58. The number of aromatic nitrogens is 4. The van der Waals surface area contributed by atoms with Crippen LogP contribution in [0.3, 0.4) is 0 Å². The smallest absolute Gasteiger partial charge is 0.253 e. The zero-order chi connectivity index (χ0) is 25.0. The molecule has 35 heavy (non-hydrogen) atoms. The van der Waals surface area contributed by atoms with E-state index in [1.165, 1.54) is 29.1 Å². The normalized spacial score (nSPS) is 25.5. The molecule has 184 valence electrons. The first kappa shape index (κ1) is 23.4. The van der Waals surface area contributed by atoms with Gasteiger partial charge in [0.15, 0.2) is 11.6 Å². The fraction of sp³-hybridized carbons (Fsp3) is 0.440. The van der Waals surface area contributed by atoms with Gasteiger partial charge in [0.1, 0.15) is 5.82 Å². The Kier molecular flexibility index (Phi) is 5.60. The van der Waals surface area contributed by atoms with E-state index >= 15 is 4.39 Å². The monoisotopic (exact) mass is 480 g/mol. The molecular formula is C25H29FN6O3. The third-order valence-corrected chi connectivity index (χ3v) is 7.46. The number of aryl methyl sites for hydroxylation is 1. The minimum absolute atomic E-state index is 0.0185. The minimum atomic E-state index is -0.629. The SMILES string of the molecule is CN(c1ccc(-c2cc(F)c(-c3cc(=O)n(C)cn3)cc2OO)nn1)C1C[C@]2(C)CC[C@](C)(C1)N2. The van der Waals surface area contributed by atoms with Crippen LogP contribution in [0.1, 0.15) is 39.5 Å². The molecule has 2 saturated heterocycles. The maximum Gasteiger partial charge on any atom is 0.253 e. The molecule has 2 aliphatic heterocycles. The quantitative estimate of drug-likeness (QED) is 0.423. The Morgan fingerprint density at radius 1 is 1.11 bits per heavy atom. The summed E-state index contributed by atoms with van der Waals surface area (Å²) in [6.07, 6.45) is 5.68. The molecule has 10 heteroatoms. The van der Waals surface area contributed by atoms with Gasteiger partial charge in [0, 0.05) is 42.8 Å². The zero-order valence-electron chi connectivity index (χ0n) is 20.2. The number of fused-ring (bicyclic) bond motifs is 2. The first-order valence-corrected chi connectivity index (χ1v) is 11.6. The molecule has 4 heterocycles. The molecule has 0 spiro atoms. The van der Waals surface area contributed by atoms with Crippen LogP contribution >= 0.6 is 0 Å². The summed E-state index contributed by atoms with van der Waals surface area (Å²) in [4.78, 5) is 22.7. The number of rotatable bonds is 5. The number of hydrogen-bond donors (Lipinski definition) is 2. The number of nitrogens with zero attached hydrogens (tertiary/aromatic N) is 5. The van der Waals surface area contributed by atoms with E-state index in [9.17, 15) is 10.1 Å². The second kappa shape index (κ2) is 8.39. The summed E-state index contributed by atoms with van der Waals surface area (Å²) < 4.78 is 16.3. The van der Waals surface area contributed by atoms with Gasteiger partial charge in [0.25, 0.3) is 5.56 Å². The van der Waals surface area contributed by atoms with Crippen LogP contribution in [0.15, 0.2) is 41.5 Å². The van der Waals surface area contributed by atoms with Crippen LogP contribution in [0.2, 0.25) is 0 Å². The molecule has 2 aliphatic rings. The molecule has 9 nitrogen and oxygen atoms in total. The fourth-order valence-electron chi connectivity index (χ4n) is 5.58. The van der Waals surface area contributed by atoms with Crippen molar-refractivity contribution in [3.05, 3.63) is 52.8 Å². The summed E-state index contributed by atoms with van der Waals surface area (Å²) in [5.74, 6) is 0.0754. The second-order valence-corrected chi connectivity index (χ2v) is 10.3. The number of hydrogen-bond acceptors (Lipinski definition) is 8. The highest BCUT2D eigenvalue weighted by Gasteiger charge is 2.49. The van der Waals surface area contributed by atoms with Crippen LogP contribution in [0.25, 0.3) is 22.5 Å².